The minimum Gasteiger partial charge on any atom is -0.389 e. The quantitative estimate of drug-likeness (QED) is 0.719. The SMILES string of the molecule is C/C1=C\[C@H](O)C/C(C)=C/C(=O)C[C@@](C)(O)/C=C/[C@@H](C(C)C)CC1. The third kappa shape index (κ3) is 7.76. The van der Waals surface area contributed by atoms with E-state index in [1.807, 2.05) is 26.0 Å². The first kappa shape index (κ1) is 19.9. The summed E-state index contributed by atoms with van der Waals surface area (Å²) < 4.78 is 0. The van der Waals surface area contributed by atoms with Crippen LogP contribution < -0.4 is 0 Å². The Hall–Kier alpha value is -1.19. The Labute approximate surface area is 140 Å². The Balaban J connectivity index is 3.08. The molecule has 1 aliphatic carbocycles. The molecule has 0 amide bonds. The maximum atomic E-state index is 12.1. The van der Waals surface area contributed by atoms with E-state index in [9.17, 15) is 15.0 Å². The number of carbonyl (C=O) groups is 1. The Morgan fingerprint density at radius 2 is 1.91 bits per heavy atom. The standard InChI is InChI=1S/C20H32O3/c1-14(2)17-7-6-15(3)10-18(21)11-16(4)12-19(22)13-20(5,23)9-8-17/h8-10,12,14,17-18,21,23H,6-7,11,13H2,1-5H3/b9-8+,15-10+,16-12+/t17-,18-,20-/m0/s1. The van der Waals surface area contributed by atoms with Crippen molar-refractivity contribution in [3.63, 3.8) is 0 Å². The Bertz CT molecular complexity index is 495. The molecule has 3 atom stereocenters. The predicted octanol–water partition coefficient (Wildman–Crippen LogP) is 3.96. The molecule has 3 heteroatoms. The van der Waals surface area contributed by atoms with Crippen molar-refractivity contribution < 1.29 is 15.0 Å². The third-order valence-corrected chi connectivity index (χ3v) is 4.38. The van der Waals surface area contributed by atoms with Gasteiger partial charge in [-0.15, -0.1) is 0 Å². The van der Waals surface area contributed by atoms with Crippen molar-refractivity contribution in [2.75, 3.05) is 0 Å². The zero-order valence-electron chi connectivity index (χ0n) is 15.2. The summed E-state index contributed by atoms with van der Waals surface area (Å²) in [6, 6.07) is 0. The van der Waals surface area contributed by atoms with Crippen LogP contribution >= 0.6 is 0 Å². The Morgan fingerprint density at radius 1 is 1.26 bits per heavy atom. The molecule has 0 heterocycles. The van der Waals surface area contributed by atoms with E-state index in [1.165, 1.54) is 5.57 Å². The van der Waals surface area contributed by atoms with Gasteiger partial charge in [0.1, 0.15) is 0 Å². The van der Waals surface area contributed by atoms with Crippen molar-refractivity contribution in [3.8, 4) is 0 Å². The van der Waals surface area contributed by atoms with E-state index < -0.39 is 11.7 Å². The van der Waals surface area contributed by atoms with Gasteiger partial charge in [0.15, 0.2) is 5.78 Å². The highest BCUT2D eigenvalue weighted by Gasteiger charge is 2.22. The summed E-state index contributed by atoms with van der Waals surface area (Å²) in [6.07, 6.45) is 9.12. The van der Waals surface area contributed by atoms with Gasteiger partial charge in [-0.3, -0.25) is 4.79 Å². The van der Waals surface area contributed by atoms with Gasteiger partial charge in [-0.05, 0) is 57.9 Å². The minimum absolute atomic E-state index is 0.0661. The van der Waals surface area contributed by atoms with Crippen LogP contribution in [0.25, 0.3) is 0 Å². The summed E-state index contributed by atoms with van der Waals surface area (Å²) in [5.41, 5.74) is 0.872. The number of aliphatic hydroxyl groups is 2. The Morgan fingerprint density at radius 3 is 2.52 bits per heavy atom. The molecule has 130 valence electrons. The largest absolute Gasteiger partial charge is 0.389 e. The van der Waals surface area contributed by atoms with E-state index in [2.05, 4.69) is 13.8 Å². The zero-order chi connectivity index (χ0) is 17.6. The average molecular weight is 320 g/mol. The maximum absolute atomic E-state index is 12.1. The van der Waals surface area contributed by atoms with Crippen LogP contribution in [0.4, 0.5) is 0 Å². The van der Waals surface area contributed by atoms with E-state index in [-0.39, 0.29) is 12.2 Å². The molecule has 0 bridgehead atoms. The van der Waals surface area contributed by atoms with Gasteiger partial charge < -0.3 is 10.2 Å². The Kier molecular flexibility index (Phi) is 7.43. The minimum atomic E-state index is -1.13. The number of hydrogen-bond acceptors (Lipinski definition) is 3. The van der Waals surface area contributed by atoms with Gasteiger partial charge in [0, 0.05) is 6.42 Å². The van der Waals surface area contributed by atoms with Gasteiger partial charge in [0.2, 0.25) is 0 Å². The van der Waals surface area contributed by atoms with Crippen LogP contribution in [-0.4, -0.2) is 27.7 Å². The van der Waals surface area contributed by atoms with Crippen LogP contribution in [-0.2, 0) is 4.79 Å². The highest BCUT2D eigenvalue weighted by Crippen LogP contribution is 2.24. The van der Waals surface area contributed by atoms with Crippen LogP contribution in [0.3, 0.4) is 0 Å². The summed E-state index contributed by atoms with van der Waals surface area (Å²) in [7, 11) is 0. The highest BCUT2D eigenvalue weighted by atomic mass is 16.3. The molecule has 23 heavy (non-hydrogen) atoms. The normalized spacial score (nSPS) is 37.5. The summed E-state index contributed by atoms with van der Waals surface area (Å²) in [6.45, 7) is 9.88. The third-order valence-electron chi connectivity index (χ3n) is 4.38. The van der Waals surface area contributed by atoms with Gasteiger partial charge in [-0.25, -0.2) is 0 Å². The van der Waals surface area contributed by atoms with E-state index in [0.29, 0.717) is 18.3 Å². The molecule has 1 aliphatic rings. The number of ketones is 1. The zero-order valence-corrected chi connectivity index (χ0v) is 15.2. The van der Waals surface area contributed by atoms with Gasteiger partial charge in [0.25, 0.3) is 0 Å². The summed E-state index contributed by atoms with van der Waals surface area (Å²) >= 11 is 0. The lowest BCUT2D eigenvalue weighted by atomic mass is 9.86. The smallest absolute Gasteiger partial charge is 0.158 e. The average Bonchev–Trinajstić information content (AvgIpc) is 2.35. The first-order valence-corrected chi connectivity index (χ1v) is 8.56. The lowest BCUT2D eigenvalue weighted by molar-refractivity contribution is -0.117. The molecule has 0 radical (unpaired) electrons. The van der Waals surface area contributed by atoms with Crippen LogP contribution in [0.5, 0.6) is 0 Å². The topological polar surface area (TPSA) is 57.5 Å². The van der Waals surface area contributed by atoms with Crippen LogP contribution in [0.1, 0.15) is 60.3 Å². The highest BCUT2D eigenvalue weighted by molar-refractivity contribution is 5.91. The van der Waals surface area contributed by atoms with Crippen LogP contribution in [0.2, 0.25) is 0 Å². The predicted molar refractivity (Wildman–Crippen MR) is 95.1 cm³/mol. The molecule has 0 saturated carbocycles. The second kappa shape index (κ2) is 8.60. The van der Waals surface area contributed by atoms with Crippen LogP contribution in [0, 0.1) is 11.8 Å². The van der Waals surface area contributed by atoms with Crippen molar-refractivity contribution in [2.24, 2.45) is 11.8 Å². The first-order chi connectivity index (χ1) is 10.6. The summed E-state index contributed by atoms with van der Waals surface area (Å²) in [4.78, 5) is 12.1. The number of aliphatic hydroxyl groups excluding tert-OH is 1. The van der Waals surface area contributed by atoms with E-state index in [4.69, 9.17) is 0 Å². The molecule has 0 fully saturated rings. The van der Waals surface area contributed by atoms with Gasteiger partial charge >= 0.3 is 0 Å². The van der Waals surface area contributed by atoms with Crippen molar-refractivity contribution >= 4 is 5.78 Å². The molecule has 0 aromatic heterocycles. The second-order valence-corrected chi connectivity index (χ2v) is 7.58. The first-order valence-electron chi connectivity index (χ1n) is 8.56. The molecule has 2 N–H and O–H groups in total. The van der Waals surface area contributed by atoms with Gasteiger partial charge in [0.05, 0.1) is 11.7 Å². The molecular formula is C20H32O3. The second-order valence-electron chi connectivity index (χ2n) is 7.58. The van der Waals surface area contributed by atoms with E-state index in [1.54, 1.807) is 19.1 Å². The summed E-state index contributed by atoms with van der Waals surface area (Å²) in [5.74, 6) is 0.700. The molecule has 0 spiro atoms. The fourth-order valence-electron chi connectivity index (χ4n) is 2.97. The molecule has 3 nitrogen and oxygen atoms in total. The van der Waals surface area contributed by atoms with Crippen molar-refractivity contribution in [2.45, 2.75) is 72.0 Å². The fourth-order valence-corrected chi connectivity index (χ4v) is 2.97. The van der Waals surface area contributed by atoms with Crippen molar-refractivity contribution in [1.29, 1.82) is 0 Å². The number of allylic oxidation sites excluding steroid dienone is 3. The lowest BCUT2D eigenvalue weighted by Crippen LogP contribution is -2.25. The fraction of sp³-hybridized carbons (Fsp3) is 0.650. The molecule has 0 aromatic rings. The van der Waals surface area contributed by atoms with Crippen LogP contribution in [0.15, 0.2) is 35.5 Å². The molecule has 0 unspecified atom stereocenters. The number of rotatable bonds is 1. The molecule has 1 rings (SSSR count). The van der Waals surface area contributed by atoms with E-state index in [0.717, 1.165) is 18.4 Å². The van der Waals surface area contributed by atoms with Gasteiger partial charge in [-0.2, -0.15) is 0 Å². The summed E-state index contributed by atoms with van der Waals surface area (Å²) in [5, 5.41) is 20.6. The molecule has 0 aliphatic heterocycles. The number of hydrogen-bond donors (Lipinski definition) is 2. The lowest BCUT2D eigenvalue weighted by Gasteiger charge is -2.22. The molecule has 0 saturated heterocycles. The van der Waals surface area contributed by atoms with Gasteiger partial charge in [-0.1, -0.05) is 43.2 Å². The monoisotopic (exact) mass is 320 g/mol. The van der Waals surface area contributed by atoms with E-state index >= 15 is 0 Å². The molecular weight excluding hydrogens is 288 g/mol. The van der Waals surface area contributed by atoms with Crippen molar-refractivity contribution in [3.05, 3.63) is 35.5 Å². The van der Waals surface area contributed by atoms with Crippen molar-refractivity contribution in [1.82, 2.24) is 0 Å². The maximum Gasteiger partial charge on any atom is 0.158 e. The molecule has 0 aromatic carbocycles. The number of carbonyl (C=O) groups excluding carboxylic acids is 1.